The monoisotopic (exact) mass is 278 g/mol. The van der Waals surface area contributed by atoms with Crippen LogP contribution in [0.4, 0.5) is 5.82 Å². The van der Waals surface area contributed by atoms with E-state index in [1.807, 2.05) is 38.4 Å². The normalized spacial score (nSPS) is 12.5. The lowest BCUT2D eigenvalue weighted by molar-refractivity contribution is 0.676. The van der Waals surface area contributed by atoms with Crippen LogP contribution in [0.25, 0.3) is 10.8 Å². The first-order chi connectivity index (χ1) is 10.2. The second-order valence-corrected chi connectivity index (χ2v) is 5.13. The van der Waals surface area contributed by atoms with E-state index in [0.29, 0.717) is 5.82 Å². The Hall–Kier alpha value is -2.46. The summed E-state index contributed by atoms with van der Waals surface area (Å²) in [5.74, 6) is 0.537. The van der Waals surface area contributed by atoms with Crippen molar-refractivity contribution in [1.29, 1.82) is 0 Å². The van der Waals surface area contributed by atoms with Gasteiger partial charge in [0, 0.05) is 23.3 Å². The standard InChI is InChI=1S/C17H18N4/c1-11-9-14(17(18)21-10-11)15(19-2)16-13-6-4-3-5-12(13)7-8-20-16/h3-10,15,19H,1-2H3,(H2,18,21). The fraction of sp³-hybridized carbons (Fsp3) is 0.176. The maximum absolute atomic E-state index is 6.07. The van der Waals surface area contributed by atoms with Gasteiger partial charge in [-0.05, 0) is 37.1 Å². The van der Waals surface area contributed by atoms with Gasteiger partial charge in [-0.2, -0.15) is 0 Å². The molecule has 4 nitrogen and oxygen atoms in total. The van der Waals surface area contributed by atoms with Gasteiger partial charge < -0.3 is 11.1 Å². The SMILES string of the molecule is CNC(c1cc(C)cnc1N)c1nccc2ccccc12. The van der Waals surface area contributed by atoms with Gasteiger partial charge in [-0.1, -0.05) is 24.3 Å². The molecule has 1 atom stereocenters. The molecule has 0 bridgehead atoms. The van der Waals surface area contributed by atoms with Crippen LogP contribution in [0.15, 0.2) is 48.8 Å². The van der Waals surface area contributed by atoms with Gasteiger partial charge in [0.05, 0.1) is 11.7 Å². The first-order valence-electron chi connectivity index (χ1n) is 6.93. The van der Waals surface area contributed by atoms with Gasteiger partial charge >= 0.3 is 0 Å². The first-order valence-corrected chi connectivity index (χ1v) is 6.93. The van der Waals surface area contributed by atoms with Crippen LogP contribution in [0, 0.1) is 6.92 Å². The van der Waals surface area contributed by atoms with Crippen LogP contribution in [-0.2, 0) is 0 Å². The largest absolute Gasteiger partial charge is 0.383 e. The minimum absolute atomic E-state index is 0.0801. The quantitative estimate of drug-likeness (QED) is 0.773. The van der Waals surface area contributed by atoms with E-state index in [-0.39, 0.29) is 6.04 Å². The van der Waals surface area contributed by atoms with Crippen LogP contribution in [-0.4, -0.2) is 17.0 Å². The van der Waals surface area contributed by atoms with Crippen molar-refractivity contribution in [2.45, 2.75) is 13.0 Å². The molecular weight excluding hydrogens is 260 g/mol. The number of fused-ring (bicyclic) bond motifs is 1. The van der Waals surface area contributed by atoms with Crippen molar-refractivity contribution in [3.05, 3.63) is 65.6 Å². The number of aromatic nitrogens is 2. The highest BCUT2D eigenvalue weighted by Crippen LogP contribution is 2.29. The summed E-state index contributed by atoms with van der Waals surface area (Å²) in [4.78, 5) is 8.84. The second-order valence-electron chi connectivity index (χ2n) is 5.13. The molecule has 0 fully saturated rings. The fourth-order valence-electron chi connectivity index (χ4n) is 2.65. The summed E-state index contributed by atoms with van der Waals surface area (Å²) in [6.07, 6.45) is 3.61. The van der Waals surface area contributed by atoms with Gasteiger partial charge in [0.25, 0.3) is 0 Å². The van der Waals surface area contributed by atoms with Crippen molar-refractivity contribution in [2.24, 2.45) is 0 Å². The third kappa shape index (κ3) is 2.45. The Bertz CT molecular complexity index is 777. The number of hydrogen-bond acceptors (Lipinski definition) is 4. The second kappa shape index (κ2) is 5.50. The van der Waals surface area contributed by atoms with E-state index in [4.69, 9.17) is 5.73 Å². The van der Waals surface area contributed by atoms with E-state index in [1.165, 1.54) is 5.39 Å². The molecule has 106 valence electrons. The molecule has 3 aromatic rings. The Balaban J connectivity index is 2.21. The van der Waals surface area contributed by atoms with Crippen LogP contribution in [0.3, 0.4) is 0 Å². The van der Waals surface area contributed by atoms with Crippen molar-refractivity contribution >= 4 is 16.6 Å². The lowest BCUT2D eigenvalue weighted by atomic mass is 9.98. The van der Waals surface area contributed by atoms with Crippen molar-refractivity contribution in [3.63, 3.8) is 0 Å². The van der Waals surface area contributed by atoms with Crippen molar-refractivity contribution in [2.75, 3.05) is 12.8 Å². The number of pyridine rings is 2. The van der Waals surface area contributed by atoms with Gasteiger partial charge in [0.2, 0.25) is 0 Å². The highest BCUT2D eigenvalue weighted by Gasteiger charge is 2.19. The summed E-state index contributed by atoms with van der Waals surface area (Å²) >= 11 is 0. The molecule has 0 radical (unpaired) electrons. The average Bonchev–Trinajstić information content (AvgIpc) is 2.51. The molecule has 1 aromatic carbocycles. The number of nitrogens with zero attached hydrogens (tertiary/aromatic N) is 2. The number of nitrogen functional groups attached to an aromatic ring is 1. The summed E-state index contributed by atoms with van der Waals surface area (Å²) in [7, 11) is 1.91. The van der Waals surface area contributed by atoms with Crippen LogP contribution in [0.1, 0.15) is 22.9 Å². The summed E-state index contributed by atoms with van der Waals surface area (Å²) in [6, 6.07) is 12.2. The highest BCUT2D eigenvalue weighted by molar-refractivity contribution is 5.85. The number of aryl methyl sites for hydroxylation is 1. The number of rotatable bonds is 3. The lowest BCUT2D eigenvalue weighted by Crippen LogP contribution is -2.21. The fourth-order valence-corrected chi connectivity index (χ4v) is 2.65. The molecule has 0 saturated carbocycles. The highest BCUT2D eigenvalue weighted by atomic mass is 14.9. The van der Waals surface area contributed by atoms with E-state index in [2.05, 4.69) is 33.5 Å². The van der Waals surface area contributed by atoms with Gasteiger partial charge in [-0.15, -0.1) is 0 Å². The summed E-state index contributed by atoms with van der Waals surface area (Å²) in [5, 5.41) is 5.61. The van der Waals surface area contributed by atoms with Gasteiger partial charge in [0.1, 0.15) is 5.82 Å². The maximum atomic E-state index is 6.07. The molecule has 0 spiro atoms. The number of benzene rings is 1. The third-order valence-electron chi connectivity index (χ3n) is 3.66. The zero-order valence-electron chi connectivity index (χ0n) is 12.2. The average molecular weight is 278 g/mol. The first kappa shape index (κ1) is 13.5. The Morgan fingerprint density at radius 3 is 2.76 bits per heavy atom. The van der Waals surface area contributed by atoms with E-state index in [1.54, 1.807) is 6.20 Å². The van der Waals surface area contributed by atoms with Crippen molar-refractivity contribution in [1.82, 2.24) is 15.3 Å². The smallest absolute Gasteiger partial charge is 0.128 e. The van der Waals surface area contributed by atoms with Crippen molar-refractivity contribution in [3.8, 4) is 0 Å². The van der Waals surface area contributed by atoms with Crippen LogP contribution >= 0.6 is 0 Å². The predicted octanol–water partition coefficient (Wildman–Crippen LogP) is 2.83. The van der Waals surface area contributed by atoms with E-state index in [0.717, 1.165) is 22.2 Å². The zero-order chi connectivity index (χ0) is 14.8. The molecule has 0 saturated heterocycles. The summed E-state index contributed by atoms with van der Waals surface area (Å²) in [5.41, 5.74) is 9.08. The number of nitrogens with one attached hydrogen (secondary N) is 1. The van der Waals surface area contributed by atoms with E-state index < -0.39 is 0 Å². The molecule has 3 N–H and O–H groups in total. The third-order valence-corrected chi connectivity index (χ3v) is 3.66. The molecular formula is C17H18N4. The van der Waals surface area contributed by atoms with Gasteiger partial charge in [0.15, 0.2) is 0 Å². The number of anilines is 1. The maximum Gasteiger partial charge on any atom is 0.128 e. The van der Waals surface area contributed by atoms with Crippen LogP contribution in [0.2, 0.25) is 0 Å². The topological polar surface area (TPSA) is 63.8 Å². The number of nitrogens with two attached hydrogens (primary N) is 1. The molecule has 3 rings (SSSR count). The minimum atomic E-state index is -0.0801. The Morgan fingerprint density at radius 1 is 1.14 bits per heavy atom. The Labute approximate surface area is 124 Å². The summed E-state index contributed by atoms with van der Waals surface area (Å²) in [6.45, 7) is 2.01. The number of hydrogen-bond donors (Lipinski definition) is 2. The molecule has 4 heteroatoms. The van der Waals surface area contributed by atoms with Crippen molar-refractivity contribution < 1.29 is 0 Å². The van der Waals surface area contributed by atoms with Crippen LogP contribution in [0.5, 0.6) is 0 Å². The Kier molecular flexibility index (Phi) is 3.54. The lowest BCUT2D eigenvalue weighted by Gasteiger charge is -2.19. The van der Waals surface area contributed by atoms with E-state index in [9.17, 15) is 0 Å². The summed E-state index contributed by atoms with van der Waals surface area (Å²) < 4.78 is 0. The molecule has 2 aromatic heterocycles. The minimum Gasteiger partial charge on any atom is -0.383 e. The molecule has 1 unspecified atom stereocenters. The molecule has 0 aliphatic heterocycles. The molecule has 2 heterocycles. The molecule has 0 aliphatic rings. The van der Waals surface area contributed by atoms with Gasteiger partial charge in [-0.3, -0.25) is 4.98 Å². The predicted molar refractivity (Wildman–Crippen MR) is 86.0 cm³/mol. The zero-order valence-corrected chi connectivity index (χ0v) is 12.2. The molecule has 21 heavy (non-hydrogen) atoms. The Morgan fingerprint density at radius 2 is 1.95 bits per heavy atom. The van der Waals surface area contributed by atoms with Gasteiger partial charge in [-0.25, -0.2) is 4.98 Å². The molecule has 0 aliphatic carbocycles. The van der Waals surface area contributed by atoms with E-state index >= 15 is 0 Å². The van der Waals surface area contributed by atoms with Crippen LogP contribution < -0.4 is 11.1 Å². The molecule has 0 amide bonds.